The highest BCUT2D eigenvalue weighted by atomic mass is 32.2. The third-order valence-electron chi connectivity index (χ3n) is 3.79. The molecule has 0 spiro atoms. The average Bonchev–Trinajstić information content (AvgIpc) is 2.52. The van der Waals surface area contributed by atoms with Gasteiger partial charge in [0.05, 0.1) is 11.4 Å². The number of benzene rings is 1. The number of carbonyl (C=O) groups is 1. The first-order chi connectivity index (χ1) is 11.9. The Morgan fingerprint density at radius 2 is 1.65 bits per heavy atom. The quantitative estimate of drug-likeness (QED) is 0.562. The van der Waals surface area contributed by atoms with Gasteiger partial charge in [-0.3, -0.25) is 4.79 Å². The zero-order valence-electron chi connectivity index (χ0n) is 13.5. The van der Waals surface area contributed by atoms with Crippen LogP contribution in [0.3, 0.4) is 0 Å². The lowest BCUT2D eigenvalue weighted by Gasteiger charge is -2.36. The highest BCUT2D eigenvalue weighted by molar-refractivity contribution is 7.99. The van der Waals surface area contributed by atoms with E-state index in [1.807, 2.05) is 0 Å². The molecule has 1 fully saturated rings. The molecule has 0 aromatic heterocycles. The summed E-state index contributed by atoms with van der Waals surface area (Å²) in [5.74, 6) is -3.76. The number of halogens is 7. The monoisotopic (exact) mass is 404 g/mol. The van der Waals surface area contributed by atoms with Crippen molar-refractivity contribution in [2.45, 2.75) is 24.2 Å². The van der Waals surface area contributed by atoms with E-state index in [1.54, 1.807) is 0 Å². The molecule has 1 heterocycles. The van der Waals surface area contributed by atoms with Crippen LogP contribution in [0.5, 0.6) is 0 Å². The molecule has 1 saturated heterocycles. The molecule has 1 aromatic rings. The standard InChI is InChI=1S/C15H15F7N2OS/c1-9-6-10(16)11(7-12(9)26-8-14(17,18)19)23-2-4-24(5-3-23)13(25)15(20,21)22/h6-7H,2-5,8H2,1H3. The van der Waals surface area contributed by atoms with Crippen LogP contribution >= 0.6 is 11.8 Å². The van der Waals surface area contributed by atoms with Crippen LogP contribution in [-0.2, 0) is 4.79 Å². The number of rotatable bonds is 3. The van der Waals surface area contributed by atoms with Crippen LogP contribution < -0.4 is 4.90 Å². The summed E-state index contributed by atoms with van der Waals surface area (Å²) >= 11 is 0.518. The molecule has 3 nitrogen and oxygen atoms in total. The highest BCUT2D eigenvalue weighted by Gasteiger charge is 2.43. The Balaban J connectivity index is 2.11. The second kappa shape index (κ2) is 7.53. The lowest BCUT2D eigenvalue weighted by molar-refractivity contribution is -0.185. The summed E-state index contributed by atoms with van der Waals surface area (Å²) in [7, 11) is 0. The molecule has 0 aliphatic carbocycles. The number of hydrogen-bond acceptors (Lipinski definition) is 3. The molecule has 0 radical (unpaired) electrons. The maximum absolute atomic E-state index is 14.2. The SMILES string of the molecule is Cc1cc(F)c(N2CCN(C(=O)C(F)(F)F)CC2)cc1SCC(F)(F)F. The van der Waals surface area contributed by atoms with Crippen molar-refractivity contribution >= 4 is 23.4 Å². The molecule has 0 unspecified atom stereocenters. The molecule has 1 amide bonds. The molecule has 11 heteroatoms. The lowest BCUT2D eigenvalue weighted by Crippen LogP contribution is -2.52. The van der Waals surface area contributed by atoms with E-state index >= 15 is 0 Å². The van der Waals surface area contributed by atoms with Gasteiger partial charge in [-0.2, -0.15) is 26.3 Å². The summed E-state index contributed by atoms with van der Waals surface area (Å²) in [6.45, 7) is 0.870. The Morgan fingerprint density at radius 3 is 2.15 bits per heavy atom. The van der Waals surface area contributed by atoms with E-state index in [0.29, 0.717) is 22.2 Å². The van der Waals surface area contributed by atoms with Gasteiger partial charge in [-0.1, -0.05) is 0 Å². The van der Waals surface area contributed by atoms with Crippen LogP contribution in [0.2, 0.25) is 0 Å². The minimum atomic E-state index is -4.97. The number of aryl methyl sites for hydroxylation is 1. The summed E-state index contributed by atoms with van der Waals surface area (Å²) in [6, 6.07) is 2.36. The number of alkyl halides is 6. The predicted octanol–water partition coefficient (Wildman–Crippen LogP) is 4.00. The average molecular weight is 404 g/mol. The van der Waals surface area contributed by atoms with Gasteiger partial charge in [0.2, 0.25) is 0 Å². The zero-order chi connectivity index (χ0) is 19.7. The van der Waals surface area contributed by atoms with Crippen molar-refractivity contribution in [2.24, 2.45) is 0 Å². The Morgan fingerprint density at radius 1 is 1.08 bits per heavy atom. The minimum absolute atomic E-state index is 0.0133. The van der Waals surface area contributed by atoms with Crippen LogP contribution in [0, 0.1) is 12.7 Å². The maximum Gasteiger partial charge on any atom is 0.471 e. The van der Waals surface area contributed by atoms with Crippen LogP contribution in [0.15, 0.2) is 17.0 Å². The van der Waals surface area contributed by atoms with Crippen molar-refractivity contribution in [1.82, 2.24) is 4.90 Å². The van der Waals surface area contributed by atoms with E-state index in [4.69, 9.17) is 0 Å². The third-order valence-corrected chi connectivity index (χ3v) is 5.01. The minimum Gasteiger partial charge on any atom is -0.366 e. The fourth-order valence-corrected chi connectivity index (χ4v) is 3.33. The number of piperazine rings is 1. The Labute approximate surface area is 149 Å². The molecular formula is C15H15F7N2OS. The van der Waals surface area contributed by atoms with Crippen molar-refractivity contribution in [3.63, 3.8) is 0 Å². The van der Waals surface area contributed by atoms with Gasteiger partial charge in [0.25, 0.3) is 0 Å². The van der Waals surface area contributed by atoms with Crippen LogP contribution in [0.4, 0.5) is 36.4 Å². The molecule has 0 atom stereocenters. The van der Waals surface area contributed by atoms with Crippen molar-refractivity contribution in [3.05, 3.63) is 23.5 Å². The Bertz CT molecular complexity index is 667. The number of amides is 1. The topological polar surface area (TPSA) is 23.6 Å². The summed E-state index contributed by atoms with van der Waals surface area (Å²) in [6.07, 6.45) is -9.35. The molecule has 1 aliphatic rings. The second-order valence-corrected chi connectivity index (χ2v) is 6.77. The second-order valence-electron chi connectivity index (χ2n) is 5.75. The van der Waals surface area contributed by atoms with Gasteiger partial charge in [0.1, 0.15) is 5.82 Å². The van der Waals surface area contributed by atoms with Crippen LogP contribution in [0.25, 0.3) is 0 Å². The first kappa shape index (κ1) is 20.7. The molecule has 1 aromatic carbocycles. The van der Waals surface area contributed by atoms with Crippen molar-refractivity contribution < 1.29 is 35.5 Å². The smallest absolute Gasteiger partial charge is 0.366 e. The highest BCUT2D eigenvalue weighted by Crippen LogP contribution is 2.34. The first-order valence-electron chi connectivity index (χ1n) is 7.49. The number of nitrogens with zero attached hydrogens (tertiary/aromatic N) is 2. The molecule has 0 bridgehead atoms. The molecule has 146 valence electrons. The van der Waals surface area contributed by atoms with Gasteiger partial charge in [-0.15, -0.1) is 11.8 Å². The Hall–Kier alpha value is -1.65. The van der Waals surface area contributed by atoms with Gasteiger partial charge >= 0.3 is 18.3 Å². The van der Waals surface area contributed by atoms with Crippen LogP contribution in [-0.4, -0.2) is 55.1 Å². The molecule has 0 N–H and O–H groups in total. The lowest BCUT2D eigenvalue weighted by atomic mass is 10.2. The summed E-state index contributed by atoms with van der Waals surface area (Å²) in [5.41, 5.74) is 0.353. The van der Waals surface area contributed by atoms with Gasteiger partial charge in [-0.05, 0) is 24.6 Å². The summed E-state index contributed by atoms with van der Waals surface area (Å²) in [4.78, 5) is 13.5. The van der Waals surface area contributed by atoms with E-state index in [-0.39, 0.29) is 36.8 Å². The van der Waals surface area contributed by atoms with Crippen molar-refractivity contribution in [2.75, 3.05) is 36.8 Å². The van der Waals surface area contributed by atoms with Gasteiger partial charge < -0.3 is 9.80 Å². The largest absolute Gasteiger partial charge is 0.471 e. The van der Waals surface area contributed by atoms with E-state index in [1.165, 1.54) is 17.9 Å². The van der Waals surface area contributed by atoms with E-state index < -0.39 is 29.8 Å². The van der Waals surface area contributed by atoms with E-state index in [2.05, 4.69) is 0 Å². The van der Waals surface area contributed by atoms with Gasteiger partial charge in [0.15, 0.2) is 0 Å². The summed E-state index contributed by atoms with van der Waals surface area (Å²) < 4.78 is 88.7. The third kappa shape index (κ3) is 5.18. The van der Waals surface area contributed by atoms with E-state index in [0.717, 1.165) is 6.07 Å². The maximum atomic E-state index is 14.2. The first-order valence-corrected chi connectivity index (χ1v) is 8.48. The molecule has 1 aliphatic heterocycles. The number of anilines is 1. The normalized spacial score (nSPS) is 16.2. The van der Waals surface area contributed by atoms with Crippen molar-refractivity contribution in [1.29, 1.82) is 0 Å². The predicted molar refractivity (Wildman–Crippen MR) is 82.8 cm³/mol. The Kier molecular flexibility index (Phi) is 5.99. The fourth-order valence-electron chi connectivity index (χ4n) is 2.53. The van der Waals surface area contributed by atoms with E-state index in [9.17, 15) is 35.5 Å². The van der Waals surface area contributed by atoms with Crippen molar-refractivity contribution in [3.8, 4) is 0 Å². The molecule has 0 saturated carbocycles. The number of hydrogen-bond donors (Lipinski definition) is 0. The number of thioether (sulfide) groups is 1. The van der Waals surface area contributed by atoms with Gasteiger partial charge in [0, 0.05) is 31.1 Å². The summed E-state index contributed by atoms with van der Waals surface area (Å²) in [5, 5.41) is 0. The molecule has 26 heavy (non-hydrogen) atoms. The fraction of sp³-hybridized carbons (Fsp3) is 0.533. The van der Waals surface area contributed by atoms with Crippen LogP contribution in [0.1, 0.15) is 5.56 Å². The molecular weight excluding hydrogens is 389 g/mol. The zero-order valence-corrected chi connectivity index (χ0v) is 14.4. The van der Waals surface area contributed by atoms with Gasteiger partial charge in [-0.25, -0.2) is 4.39 Å². The molecule has 2 rings (SSSR count). The number of carbonyl (C=O) groups excluding carboxylic acids is 1.